The number of nitriles is 1. The number of ether oxygens (including phenoxy) is 1. The van der Waals surface area contributed by atoms with E-state index in [1.54, 1.807) is 13.0 Å². The molecule has 6 heteroatoms. The van der Waals surface area contributed by atoms with Gasteiger partial charge in [0.15, 0.2) is 0 Å². The first kappa shape index (κ1) is 13.4. The highest BCUT2D eigenvalue weighted by Gasteiger charge is 2.13. The van der Waals surface area contributed by atoms with Crippen molar-refractivity contribution in [3.05, 3.63) is 0 Å². The van der Waals surface area contributed by atoms with Gasteiger partial charge in [0.1, 0.15) is 6.54 Å². The molecule has 0 aromatic carbocycles. The molecule has 0 aliphatic rings. The van der Waals surface area contributed by atoms with E-state index < -0.39 is 11.8 Å². The summed E-state index contributed by atoms with van der Waals surface area (Å²) in [7, 11) is 0. The Balaban J connectivity index is 3.74. The van der Waals surface area contributed by atoms with Crippen molar-refractivity contribution in [1.82, 2.24) is 10.6 Å². The van der Waals surface area contributed by atoms with Crippen LogP contribution < -0.4 is 10.6 Å². The summed E-state index contributed by atoms with van der Waals surface area (Å²) >= 11 is 0. The van der Waals surface area contributed by atoms with Crippen LogP contribution in [0.2, 0.25) is 0 Å². The van der Waals surface area contributed by atoms with Crippen molar-refractivity contribution < 1.29 is 14.3 Å². The fraction of sp³-hybridized carbons (Fsp3) is 0.667. The average molecular weight is 213 g/mol. The highest BCUT2D eigenvalue weighted by Crippen LogP contribution is 1.86. The largest absolute Gasteiger partial charge is 0.377 e. The van der Waals surface area contributed by atoms with Crippen LogP contribution in [-0.4, -0.2) is 37.6 Å². The summed E-state index contributed by atoms with van der Waals surface area (Å²) in [6, 6.07) is 1.70. The van der Waals surface area contributed by atoms with Crippen LogP contribution in [0.3, 0.4) is 0 Å². The summed E-state index contributed by atoms with van der Waals surface area (Å²) in [5.74, 6) is -1.56. The molecular weight excluding hydrogens is 198 g/mol. The lowest BCUT2D eigenvalue weighted by Gasteiger charge is -2.11. The maximum absolute atomic E-state index is 11.1. The van der Waals surface area contributed by atoms with Gasteiger partial charge in [-0.2, -0.15) is 5.26 Å². The first-order chi connectivity index (χ1) is 7.11. The Morgan fingerprint density at radius 2 is 2.00 bits per heavy atom. The fourth-order valence-electron chi connectivity index (χ4n) is 0.860. The minimum atomic E-state index is -0.805. The van der Waals surface area contributed by atoms with Gasteiger partial charge in [0.2, 0.25) is 0 Å². The molecule has 0 aromatic rings. The highest BCUT2D eigenvalue weighted by molar-refractivity contribution is 6.35. The molecule has 84 valence electrons. The third-order valence-corrected chi connectivity index (χ3v) is 1.54. The number of amides is 2. The number of carbonyl (C=O) groups excluding carboxylic acids is 2. The number of nitrogens with zero attached hydrogens (tertiary/aromatic N) is 1. The highest BCUT2D eigenvalue weighted by atomic mass is 16.5. The number of nitrogens with one attached hydrogen (secondary N) is 2. The van der Waals surface area contributed by atoms with Crippen molar-refractivity contribution in [2.45, 2.75) is 20.0 Å². The lowest BCUT2D eigenvalue weighted by molar-refractivity contribution is -0.139. The lowest BCUT2D eigenvalue weighted by atomic mass is 10.4. The van der Waals surface area contributed by atoms with Crippen LogP contribution in [0.4, 0.5) is 0 Å². The van der Waals surface area contributed by atoms with Crippen LogP contribution in [0.25, 0.3) is 0 Å². The Morgan fingerprint density at radius 3 is 2.53 bits per heavy atom. The monoisotopic (exact) mass is 213 g/mol. The number of rotatable bonds is 5. The van der Waals surface area contributed by atoms with Gasteiger partial charge in [-0.1, -0.05) is 0 Å². The van der Waals surface area contributed by atoms with Gasteiger partial charge in [0.05, 0.1) is 12.2 Å². The minimum Gasteiger partial charge on any atom is -0.377 e. The van der Waals surface area contributed by atoms with Crippen LogP contribution in [0.15, 0.2) is 0 Å². The Labute approximate surface area is 88.6 Å². The summed E-state index contributed by atoms with van der Waals surface area (Å²) in [5.41, 5.74) is 0. The molecule has 0 heterocycles. The molecule has 0 bridgehead atoms. The molecule has 0 rings (SSSR count). The molecule has 6 nitrogen and oxygen atoms in total. The first-order valence-corrected chi connectivity index (χ1v) is 4.66. The van der Waals surface area contributed by atoms with Crippen LogP contribution in [-0.2, 0) is 14.3 Å². The Kier molecular flexibility index (Phi) is 6.93. The third-order valence-electron chi connectivity index (χ3n) is 1.54. The topological polar surface area (TPSA) is 91.2 Å². The molecule has 1 unspecified atom stereocenters. The third kappa shape index (κ3) is 6.46. The summed E-state index contributed by atoms with van der Waals surface area (Å²) in [4.78, 5) is 22.0. The molecule has 0 aliphatic heterocycles. The molecule has 0 aliphatic carbocycles. The van der Waals surface area contributed by atoms with Crippen LogP contribution in [0.5, 0.6) is 0 Å². The van der Waals surface area contributed by atoms with Gasteiger partial charge in [0.25, 0.3) is 0 Å². The Morgan fingerprint density at radius 1 is 1.40 bits per heavy atom. The van der Waals surface area contributed by atoms with Crippen molar-refractivity contribution in [2.75, 3.05) is 19.7 Å². The summed E-state index contributed by atoms with van der Waals surface area (Å²) in [6.45, 7) is 4.28. The zero-order valence-electron chi connectivity index (χ0n) is 8.87. The second kappa shape index (κ2) is 7.76. The Bertz CT molecular complexity index is 260. The summed E-state index contributed by atoms with van der Waals surface area (Å²) in [5, 5.41) is 12.7. The van der Waals surface area contributed by atoms with Crippen LogP contribution >= 0.6 is 0 Å². The van der Waals surface area contributed by atoms with Gasteiger partial charge in [-0.25, -0.2) is 0 Å². The van der Waals surface area contributed by atoms with E-state index in [2.05, 4.69) is 10.6 Å². The van der Waals surface area contributed by atoms with Gasteiger partial charge in [0, 0.05) is 13.2 Å². The molecule has 2 N–H and O–H groups in total. The van der Waals surface area contributed by atoms with Crippen molar-refractivity contribution in [2.24, 2.45) is 0 Å². The zero-order valence-corrected chi connectivity index (χ0v) is 8.87. The van der Waals surface area contributed by atoms with Crippen LogP contribution in [0, 0.1) is 11.3 Å². The molecule has 2 amide bonds. The predicted molar refractivity (Wildman–Crippen MR) is 52.7 cm³/mol. The van der Waals surface area contributed by atoms with E-state index in [9.17, 15) is 9.59 Å². The fourth-order valence-corrected chi connectivity index (χ4v) is 0.860. The van der Waals surface area contributed by atoms with E-state index in [1.165, 1.54) is 0 Å². The Hall–Kier alpha value is -1.61. The smallest absolute Gasteiger partial charge is 0.310 e. The summed E-state index contributed by atoms with van der Waals surface area (Å²) < 4.78 is 5.15. The van der Waals surface area contributed by atoms with Crippen molar-refractivity contribution in [1.29, 1.82) is 5.26 Å². The molecule has 1 atom stereocenters. The number of hydrogen-bond acceptors (Lipinski definition) is 4. The van der Waals surface area contributed by atoms with Crippen molar-refractivity contribution in [3.8, 4) is 6.07 Å². The van der Waals surface area contributed by atoms with Crippen molar-refractivity contribution >= 4 is 11.8 Å². The summed E-state index contributed by atoms with van der Waals surface area (Å²) in [6.07, 6.45) is -0.136. The standard InChI is InChI=1S/C9H15N3O3/c1-3-15-7(2)6-12-9(14)8(13)11-5-4-10/h7H,3,5-6H2,1-2H3,(H,11,13)(H,12,14). The second-order valence-corrected chi connectivity index (χ2v) is 2.82. The number of hydrogen-bond donors (Lipinski definition) is 2. The van der Waals surface area contributed by atoms with Crippen molar-refractivity contribution in [3.63, 3.8) is 0 Å². The van der Waals surface area contributed by atoms with Gasteiger partial charge in [-0.15, -0.1) is 0 Å². The maximum Gasteiger partial charge on any atom is 0.310 e. The van der Waals surface area contributed by atoms with E-state index in [1.807, 2.05) is 6.92 Å². The first-order valence-electron chi connectivity index (χ1n) is 4.66. The predicted octanol–water partition coefficient (Wildman–Crippen LogP) is -0.833. The van der Waals surface area contributed by atoms with Crippen LogP contribution in [0.1, 0.15) is 13.8 Å². The van der Waals surface area contributed by atoms with E-state index >= 15 is 0 Å². The van der Waals surface area contributed by atoms with Gasteiger partial charge in [-0.3, -0.25) is 9.59 Å². The second-order valence-electron chi connectivity index (χ2n) is 2.82. The van der Waals surface area contributed by atoms with Gasteiger partial charge < -0.3 is 15.4 Å². The molecule has 15 heavy (non-hydrogen) atoms. The normalized spacial score (nSPS) is 11.3. The molecule has 0 aromatic heterocycles. The van der Waals surface area contributed by atoms with E-state index in [4.69, 9.17) is 10.00 Å². The molecule has 0 spiro atoms. The SMILES string of the molecule is CCOC(C)CNC(=O)C(=O)NCC#N. The van der Waals surface area contributed by atoms with Gasteiger partial charge in [-0.05, 0) is 13.8 Å². The van der Waals surface area contributed by atoms with E-state index in [0.717, 1.165) is 0 Å². The molecule has 0 saturated heterocycles. The molecule has 0 saturated carbocycles. The molecule has 0 radical (unpaired) electrons. The van der Waals surface area contributed by atoms with Gasteiger partial charge >= 0.3 is 11.8 Å². The number of carbonyl (C=O) groups is 2. The lowest BCUT2D eigenvalue weighted by Crippen LogP contribution is -2.42. The molecular formula is C9H15N3O3. The molecule has 0 fully saturated rings. The quantitative estimate of drug-likeness (QED) is 0.460. The maximum atomic E-state index is 11.1. The van der Waals surface area contributed by atoms with E-state index in [0.29, 0.717) is 6.61 Å². The van der Waals surface area contributed by atoms with E-state index in [-0.39, 0.29) is 19.2 Å². The average Bonchev–Trinajstić information content (AvgIpc) is 2.22. The minimum absolute atomic E-state index is 0.136. The zero-order chi connectivity index (χ0) is 11.7.